The highest BCUT2D eigenvalue weighted by Crippen LogP contribution is 2.34. The van der Waals surface area contributed by atoms with Crippen LogP contribution in [0.2, 0.25) is 0 Å². The molecule has 2 unspecified atom stereocenters. The van der Waals surface area contributed by atoms with E-state index in [2.05, 4.69) is 54.1 Å². The molecule has 6 nitrogen and oxygen atoms in total. The molecule has 0 radical (unpaired) electrons. The van der Waals surface area contributed by atoms with Gasteiger partial charge < -0.3 is 15.3 Å². The van der Waals surface area contributed by atoms with Gasteiger partial charge in [-0.15, -0.1) is 0 Å². The van der Waals surface area contributed by atoms with Crippen LogP contribution >= 0.6 is 0 Å². The summed E-state index contributed by atoms with van der Waals surface area (Å²) in [4.78, 5) is 20.4. The Morgan fingerprint density at radius 3 is 2.38 bits per heavy atom. The second-order valence-electron chi connectivity index (χ2n) is 8.88. The molecule has 2 aliphatic rings. The van der Waals surface area contributed by atoms with Gasteiger partial charge in [-0.1, -0.05) is 18.2 Å². The molecular formula is C23H38N4O2. The minimum Gasteiger partial charge on any atom is -0.391 e. The van der Waals surface area contributed by atoms with Gasteiger partial charge in [0, 0.05) is 37.9 Å². The summed E-state index contributed by atoms with van der Waals surface area (Å²) in [5.74, 6) is 0.198. The minimum atomic E-state index is -0.506. The minimum absolute atomic E-state index is 0.153. The molecule has 1 amide bonds. The quantitative estimate of drug-likeness (QED) is 0.786. The highest BCUT2D eigenvalue weighted by atomic mass is 16.3. The summed E-state index contributed by atoms with van der Waals surface area (Å²) in [5.41, 5.74) is 2.83. The number of amides is 1. The van der Waals surface area contributed by atoms with Crippen LogP contribution in [0.1, 0.15) is 37.3 Å². The van der Waals surface area contributed by atoms with Crippen LogP contribution in [-0.4, -0.2) is 85.3 Å². The van der Waals surface area contributed by atoms with Crippen LogP contribution < -0.4 is 10.2 Å². The van der Waals surface area contributed by atoms with E-state index in [0.717, 1.165) is 62.3 Å². The topological polar surface area (TPSA) is 59.1 Å². The number of likely N-dealkylation sites (tertiary alicyclic amines) is 1. The molecule has 3 rings (SSSR count). The van der Waals surface area contributed by atoms with Crippen LogP contribution in [0.25, 0.3) is 0 Å². The van der Waals surface area contributed by atoms with Crippen molar-refractivity contribution < 1.29 is 9.90 Å². The number of benzene rings is 1. The number of nitrogens with zero attached hydrogens (tertiary/aromatic N) is 3. The normalized spacial score (nSPS) is 25.2. The lowest BCUT2D eigenvalue weighted by molar-refractivity contribution is -0.133. The van der Waals surface area contributed by atoms with E-state index in [-0.39, 0.29) is 18.1 Å². The van der Waals surface area contributed by atoms with Crippen molar-refractivity contribution in [3.05, 3.63) is 29.3 Å². The van der Waals surface area contributed by atoms with Gasteiger partial charge in [-0.3, -0.25) is 14.6 Å². The van der Waals surface area contributed by atoms with Crippen molar-refractivity contribution in [2.75, 3.05) is 51.7 Å². The summed E-state index contributed by atoms with van der Waals surface area (Å²) in [5, 5.41) is 13.8. The molecule has 0 aromatic heterocycles. The van der Waals surface area contributed by atoms with Crippen molar-refractivity contribution >= 4 is 11.6 Å². The maximum Gasteiger partial charge on any atom is 0.247 e. The lowest BCUT2D eigenvalue weighted by Crippen LogP contribution is -2.65. The number of aliphatic hydroxyl groups excluding tert-OH is 1. The average Bonchev–Trinajstić information content (AvgIpc) is 2.71. The molecule has 2 heterocycles. The third-order valence-electron chi connectivity index (χ3n) is 7.03. The van der Waals surface area contributed by atoms with Gasteiger partial charge in [-0.2, -0.15) is 0 Å². The van der Waals surface area contributed by atoms with Gasteiger partial charge >= 0.3 is 0 Å². The van der Waals surface area contributed by atoms with E-state index >= 15 is 0 Å². The molecule has 0 bridgehead atoms. The number of carbonyl (C=O) groups is 1. The predicted octanol–water partition coefficient (Wildman–Crippen LogP) is 1.78. The Morgan fingerprint density at radius 1 is 1.24 bits per heavy atom. The molecule has 6 heteroatoms. The first-order valence-electron chi connectivity index (χ1n) is 11.0. The summed E-state index contributed by atoms with van der Waals surface area (Å²) in [7, 11) is 4.06. The van der Waals surface area contributed by atoms with Crippen LogP contribution in [0.4, 0.5) is 5.69 Å². The number of likely N-dealkylation sites (N-methyl/N-ethyl adjacent to an activating group) is 2. The predicted molar refractivity (Wildman–Crippen MR) is 118 cm³/mol. The highest BCUT2D eigenvalue weighted by Gasteiger charge is 2.47. The summed E-state index contributed by atoms with van der Waals surface area (Å²) in [6, 6.07) is 6.37. The van der Waals surface area contributed by atoms with Crippen molar-refractivity contribution in [3.8, 4) is 0 Å². The first-order valence-corrected chi connectivity index (χ1v) is 11.0. The van der Waals surface area contributed by atoms with Gasteiger partial charge in [-0.25, -0.2) is 0 Å². The third kappa shape index (κ3) is 4.22. The lowest BCUT2D eigenvalue weighted by Gasteiger charge is -2.49. The highest BCUT2D eigenvalue weighted by molar-refractivity contribution is 6.01. The molecule has 2 saturated heterocycles. The number of piperidine rings is 2. The van der Waals surface area contributed by atoms with E-state index in [9.17, 15) is 9.90 Å². The molecule has 2 atom stereocenters. The van der Waals surface area contributed by atoms with Gasteiger partial charge in [0.15, 0.2) is 0 Å². The fourth-order valence-corrected chi connectivity index (χ4v) is 5.16. The molecule has 2 N–H and O–H groups in total. The number of hydrogen-bond donors (Lipinski definition) is 2. The van der Waals surface area contributed by atoms with Crippen LogP contribution in [0, 0.1) is 13.8 Å². The van der Waals surface area contributed by atoms with E-state index in [0.29, 0.717) is 6.54 Å². The Hall–Kier alpha value is -1.47. The maximum absolute atomic E-state index is 13.9. The molecule has 0 saturated carbocycles. The number of aliphatic hydroxyl groups is 1. The van der Waals surface area contributed by atoms with E-state index in [1.807, 2.05) is 19.0 Å². The molecule has 1 aromatic carbocycles. The fourth-order valence-electron chi connectivity index (χ4n) is 5.16. The van der Waals surface area contributed by atoms with E-state index in [1.165, 1.54) is 0 Å². The van der Waals surface area contributed by atoms with Crippen molar-refractivity contribution in [1.82, 2.24) is 15.1 Å². The smallest absolute Gasteiger partial charge is 0.247 e. The molecule has 2 fully saturated rings. The zero-order valence-corrected chi connectivity index (χ0v) is 18.7. The molecule has 0 aliphatic carbocycles. The van der Waals surface area contributed by atoms with Gasteiger partial charge in [0.1, 0.15) is 5.54 Å². The second-order valence-corrected chi connectivity index (χ2v) is 8.88. The Morgan fingerprint density at radius 2 is 1.86 bits per heavy atom. The van der Waals surface area contributed by atoms with Crippen LogP contribution in [0.5, 0.6) is 0 Å². The first kappa shape index (κ1) is 22.2. The Balaban J connectivity index is 1.83. The maximum atomic E-state index is 13.9. The van der Waals surface area contributed by atoms with Crippen molar-refractivity contribution in [3.63, 3.8) is 0 Å². The second kappa shape index (κ2) is 9.13. The molecular weight excluding hydrogens is 364 g/mol. The Labute approximate surface area is 175 Å². The zero-order valence-electron chi connectivity index (χ0n) is 18.7. The van der Waals surface area contributed by atoms with Gasteiger partial charge in [0.05, 0.1) is 6.10 Å². The molecule has 162 valence electrons. The van der Waals surface area contributed by atoms with Crippen LogP contribution in [0.15, 0.2) is 18.2 Å². The van der Waals surface area contributed by atoms with Gasteiger partial charge in [0.25, 0.3) is 0 Å². The number of para-hydroxylation sites is 1. The first-order chi connectivity index (χ1) is 13.8. The largest absolute Gasteiger partial charge is 0.391 e. The molecule has 2 aliphatic heterocycles. The van der Waals surface area contributed by atoms with Gasteiger partial charge in [0.2, 0.25) is 5.91 Å². The molecule has 29 heavy (non-hydrogen) atoms. The van der Waals surface area contributed by atoms with Gasteiger partial charge in [-0.05, 0) is 71.8 Å². The Bertz CT molecular complexity index is 693. The number of nitrogens with one attached hydrogen (secondary N) is 1. The number of aryl methyl sites for hydroxylation is 2. The summed E-state index contributed by atoms with van der Waals surface area (Å²) in [6.45, 7) is 10.3. The van der Waals surface area contributed by atoms with Crippen LogP contribution in [0.3, 0.4) is 0 Å². The van der Waals surface area contributed by atoms with E-state index in [4.69, 9.17) is 0 Å². The summed E-state index contributed by atoms with van der Waals surface area (Å²) in [6.07, 6.45) is 2.09. The summed E-state index contributed by atoms with van der Waals surface area (Å²) < 4.78 is 0. The van der Waals surface area contributed by atoms with E-state index < -0.39 is 5.54 Å². The molecule has 0 spiro atoms. The Kier molecular flexibility index (Phi) is 6.99. The van der Waals surface area contributed by atoms with Crippen LogP contribution in [-0.2, 0) is 4.79 Å². The third-order valence-corrected chi connectivity index (χ3v) is 7.03. The average molecular weight is 403 g/mol. The number of rotatable bonds is 5. The number of carbonyl (C=O) groups excluding carboxylic acids is 1. The zero-order chi connectivity index (χ0) is 21.2. The van der Waals surface area contributed by atoms with Crippen molar-refractivity contribution in [2.24, 2.45) is 0 Å². The number of hydrogen-bond acceptors (Lipinski definition) is 5. The summed E-state index contributed by atoms with van der Waals surface area (Å²) >= 11 is 0. The monoisotopic (exact) mass is 402 g/mol. The molecule has 1 aromatic rings. The lowest BCUT2D eigenvalue weighted by atomic mass is 9.83. The number of anilines is 1. The van der Waals surface area contributed by atoms with Crippen molar-refractivity contribution in [2.45, 2.75) is 57.7 Å². The fraction of sp³-hybridized carbons (Fsp3) is 0.696. The standard InChI is InChI=1S/C23H38N4O2/c1-6-27(21-17(2)8-7-9-18(21)3)22(29)23(25(4)5)11-14-26(15-12-23)19-16-24-13-10-20(19)28/h7-9,19-20,24,28H,6,10-16H2,1-5H3. The SMILES string of the molecule is CCN(C(=O)C1(N(C)C)CCN(C2CNCCC2O)CC1)c1c(C)cccc1C. The van der Waals surface area contributed by atoms with Crippen molar-refractivity contribution in [1.29, 1.82) is 0 Å². The van der Waals surface area contributed by atoms with E-state index in [1.54, 1.807) is 0 Å².